The van der Waals surface area contributed by atoms with Crippen molar-refractivity contribution in [2.24, 2.45) is 0 Å². The van der Waals surface area contributed by atoms with E-state index in [-0.39, 0.29) is 6.10 Å². The Kier molecular flexibility index (Phi) is 2.70. The lowest BCUT2D eigenvalue weighted by atomic mass is 10.1. The molecule has 0 atom stereocenters. The highest BCUT2D eigenvalue weighted by molar-refractivity contribution is 5.94. The van der Waals surface area contributed by atoms with Gasteiger partial charge in [-0.3, -0.25) is 0 Å². The zero-order valence-electron chi connectivity index (χ0n) is 10.5. The summed E-state index contributed by atoms with van der Waals surface area (Å²) in [6.45, 7) is 5.14. The first kappa shape index (κ1) is 11.1. The van der Waals surface area contributed by atoms with E-state index in [2.05, 4.69) is 4.98 Å². The number of ether oxygens (including phenoxy) is 3. The molecule has 0 aliphatic carbocycles. The molecule has 1 aromatic carbocycles. The second kappa shape index (κ2) is 4.37. The van der Waals surface area contributed by atoms with Gasteiger partial charge in [0.15, 0.2) is 11.5 Å². The molecule has 0 saturated carbocycles. The molecule has 94 valence electrons. The molecule has 0 saturated heterocycles. The number of pyridine rings is 1. The number of nitrogens with zero attached hydrogens (tertiary/aromatic N) is 1. The zero-order chi connectivity index (χ0) is 12.5. The average molecular weight is 245 g/mol. The van der Waals surface area contributed by atoms with Gasteiger partial charge in [0.05, 0.1) is 6.10 Å². The van der Waals surface area contributed by atoms with Crippen LogP contribution in [-0.4, -0.2) is 24.3 Å². The molecule has 0 N–H and O–H groups in total. The van der Waals surface area contributed by atoms with Crippen molar-refractivity contribution in [3.05, 3.63) is 24.4 Å². The molecule has 18 heavy (non-hydrogen) atoms. The van der Waals surface area contributed by atoms with Crippen LogP contribution in [0.3, 0.4) is 0 Å². The van der Waals surface area contributed by atoms with Crippen molar-refractivity contribution < 1.29 is 14.2 Å². The van der Waals surface area contributed by atoms with Gasteiger partial charge in [-0.1, -0.05) is 0 Å². The maximum absolute atomic E-state index is 5.71. The van der Waals surface area contributed by atoms with Crippen LogP contribution < -0.4 is 14.2 Å². The highest BCUT2D eigenvalue weighted by Crippen LogP contribution is 2.39. The fraction of sp³-hybridized carbons (Fsp3) is 0.357. The van der Waals surface area contributed by atoms with Gasteiger partial charge in [0.2, 0.25) is 5.88 Å². The molecule has 0 fully saturated rings. The quantitative estimate of drug-likeness (QED) is 0.815. The molecule has 4 heteroatoms. The Morgan fingerprint density at radius 3 is 2.78 bits per heavy atom. The predicted molar refractivity (Wildman–Crippen MR) is 68.5 cm³/mol. The normalized spacial score (nSPS) is 13.9. The number of benzene rings is 1. The minimum Gasteiger partial charge on any atom is -0.486 e. The largest absolute Gasteiger partial charge is 0.486 e. The fourth-order valence-electron chi connectivity index (χ4n) is 2.06. The summed E-state index contributed by atoms with van der Waals surface area (Å²) in [7, 11) is 0. The third-order valence-electron chi connectivity index (χ3n) is 2.76. The summed E-state index contributed by atoms with van der Waals surface area (Å²) in [4.78, 5) is 4.28. The van der Waals surface area contributed by atoms with Crippen molar-refractivity contribution in [3.63, 3.8) is 0 Å². The molecule has 1 aromatic heterocycles. The molecule has 2 heterocycles. The van der Waals surface area contributed by atoms with E-state index >= 15 is 0 Å². The van der Waals surface area contributed by atoms with Gasteiger partial charge >= 0.3 is 0 Å². The van der Waals surface area contributed by atoms with Gasteiger partial charge in [-0.2, -0.15) is 0 Å². The molecule has 0 radical (unpaired) electrons. The Morgan fingerprint density at radius 1 is 1.11 bits per heavy atom. The molecule has 2 aromatic rings. The van der Waals surface area contributed by atoms with Crippen LogP contribution in [0.25, 0.3) is 10.8 Å². The summed E-state index contributed by atoms with van der Waals surface area (Å²) in [5, 5.41) is 1.94. The Morgan fingerprint density at radius 2 is 1.94 bits per heavy atom. The molecule has 0 spiro atoms. The van der Waals surface area contributed by atoms with Crippen LogP contribution in [0.4, 0.5) is 0 Å². The van der Waals surface area contributed by atoms with Gasteiger partial charge in [0.25, 0.3) is 0 Å². The van der Waals surface area contributed by atoms with E-state index in [9.17, 15) is 0 Å². The summed E-state index contributed by atoms with van der Waals surface area (Å²) in [6, 6.07) is 5.80. The molecular weight excluding hydrogens is 230 g/mol. The van der Waals surface area contributed by atoms with Crippen molar-refractivity contribution in [1.82, 2.24) is 4.98 Å². The fourth-order valence-corrected chi connectivity index (χ4v) is 2.06. The van der Waals surface area contributed by atoms with Gasteiger partial charge < -0.3 is 14.2 Å². The van der Waals surface area contributed by atoms with Crippen molar-refractivity contribution >= 4 is 10.8 Å². The highest BCUT2D eigenvalue weighted by Gasteiger charge is 2.17. The molecule has 3 rings (SSSR count). The Bertz CT molecular complexity index is 581. The Hall–Kier alpha value is -1.97. The van der Waals surface area contributed by atoms with E-state index in [0.29, 0.717) is 19.1 Å². The Labute approximate surface area is 105 Å². The number of aromatic nitrogens is 1. The van der Waals surface area contributed by atoms with Crippen molar-refractivity contribution in [1.29, 1.82) is 0 Å². The average Bonchev–Trinajstić information content (AvgIpc) is 2.38. The van der Waals surface area contributed by atoms with Crippen LogP contribution in [0.1, 0.15) is 13.8 Å². The van der Waals surface area contributed by atoms with Gasteiger partial charge in [0.1, 0.15) is 13.2 Å². The lowest BCUT2D eigenvalue weighted by molar-refractivity contribution is 0.174. The van der Waals surface area contributed by atoms with Crippen LogP contribution in [0, 0.1) is 0 Å². The first-order chi connectivity index (χ1) is 8.75. The van der Waals surface area contributed by atoms with E-state index in [0.717, 1.165) is 22.3 Å². The summed E-state index contributed by atoms with van der Waals surface area (Å²) in [5.74, 6) is 2.21. The molecule has 4 nitrogen and oxygen atoms in total. The van der Waals surface area contributed by atoms with E-state index < -0.39 is 0 Å². The topological polar surface area (TPSA) is 40.6 Å². The second-order valence-corrected chi connectivity index (χ2v) is 4.47. The number of fused-ring (bicyclic) bond motifs is 3. The summed E-state index contributed by atoms with van der Waals surface area (Å²) < 4.78 is 17.0. The highest BCUT2D eigenvalue weighted by atomic mass is 16.6. The number of rotatable bonds is 2. The lowest BCUT2D eigenvalue weighted by Crippen LogP contribution is -2.15. The molecule has 0 bridgehead atoms. The SMILES string of the molecule is CC(C)Oc1nccc2c3c(ccc12)OCCO3. The third-order valence-corrected chi connectivity index (χ3v) is 2.76. The van der Waals surface area contributed by atoms with Crippen LogP contribution in [0.15, 0.2) is 24.4 Å². The lowest BCUT2D eigenvalue weighted by Gasteiger charge is -2.20. The molecule has 0 unspecified atom stereocenters. The third kappa shape index (κ3) is 1.83. The van der Waals surface area contributed by atoms with E-state index in [1.165, 1.54) is 0 Å². The standard InChI is InChI=1S/C14H15NO3/c1-9(2)18-14-11-3-4-12-13(17-8-7-16-12)10(11)5-6-15-14/h3-6,9H,7-8H2,1-2H3. The summed E-state index contributed by atoms with van der Waals surface area (Å²) >= 11 is 0. The molecule has 1 aliphatic heterocycles. The predicted octanol–water partition coefficient (Wildman–Crippen LogP) is 2.79. The molecular formula is C14H15NO3. The Balaban J connectivity index is 2.18. The first-order valence-corrected chi connectivity index (χ1v) is 6.09. The molecule has 0 amide bonds. The van der Waals surface area contributed by atoms with Gasteiger partial charge in [0, 0.05) is 17.0 Å². The van der Waals surface area contributed by atoms with E-state index in [1.54, 1.807) is 6.20 Å². The first-order valence-electron chi connectivity index (χ1n) is 6.09. The molecule has 1 aliphatic rings. The van der Waals surface area contributed by atoms with Crippen LogP contribution in [0.2, 0.25) is 0 Å². The summed E-state index contributed by atoms with van der Waals surface area (Å²) in [5.41, 5.74) is 0. The van der Waals surface area contributed by atoms with Crippen LogP contribution in [0.5, 0.6) is 17.4 Å². The zero-order valence-corrected chi connectivity index (χ0v) is 10.5. The van der Waals surface area contributed by atoms with Gasteiger partial charge in [-0.15, -0.1) is 0 Å². The van der Waals surface area contributed by atoms with E-state index in [1.807, 2.05) is 32.0 Å². The van der Waals surface area contributed by atoms with Crippen molar-refractivity contribution in [2.45, 2.75) is 20.0 Å². The van der Waals surface area contributed by atoms with Crippen molar-refractivity contribution in [3.8, 4) is 17.4 Å². The summed E-state index contributed by atoms with van der Waals surface area (Å²) in [6.07, 6.45) is 1.83. The van der Waals surface area contributed by atoms with Crippen LogP contribution >= 0.6 is 0 Å². The monoisotopic (exact) mass is 245 g/mol. The number of hydrogen-bond acceptors (Lipinski definition) is 4. The van der Waals surface area contributed by atoms with E-state index in [4.69, 9.17) is 14.2 Å². The maximum Gasteiger partial charge on any atom is 0.221 e. The van der Waals surface area contributed by atoms with Crippen molar-refractivity contribution in [2.75, 3.05) is 13.2 Å². The van der Waals surface area contributed by atoms with Gasteiger partial charge in [-0.05, 0) is 32.0 Å². The minimum absolute atomic E-state index is 0.0938. The number of hydrogen-bond donors (Lipinski definition) is 0. The maximum atomic E-state index is 5.71. The van der Waals surface area contributed by atoms with Crippen LogP contribution in [-0.2, 0) is 0 Å². The van der Waals surface area contributed by atoms with Gasteiger partial charge in [-0.25, -0.2) is 4.98 Å². The second-order valence-electron chi connectivity index (χ2n) is 4.47. The minimum atomic E-state index is 0.0938. The smallest absolute Gasteiger partial charge is 0.221 e.